The fraction of sp³-hybridized carbons (Fsp3) is 0.462. The molecule has 3 rings (SSSR count). The third kappa shape index (κ3) is 1.52. The lowest BCUT2D eigenvalue weighted by molar-refractivity contribution is 0.308. The van der Waals surface area contributed by atoms with Crippen molar-refractivity contribution in [1.82, 2.24) is 10.7 Å². The summed E-state index contributed by atoms with van der Waals surface area (Å²) in [7, 11) is 0. The molecule has 1 aromatic carbocycles. The monoisotopic (exact) mass is 215 g/mol. The van der Waals surface area contributed by atoms with E-state index in [1.165, 1.54) is 24.1 Å². The molecule has 3 heteroatoms. The maximum absolute atomic E-state index is 4.52. The summed E-state index contributed by atoms with van der Waals surface area (Å²) in [4.78, 5) is 0. The molecular weight excluding hydrogens is 198 g/mol. The highest BCUT2D eigenvalue weighted by atomic mass is 15.3. The number of hydrazone groups is 1. The van der Waals surface area contributed by atoms with Crippen molar-refractivity contribution in [3.63, 3.8) is 0 Å². The smallest absolute Gasteiger partial charge is 0.0756 e. The van der Waals surface area contributed by atoms with Gasteiger partial charge in [-0.15, -0.1) is 0 Å². The van der Waals surface area contributed by atoms with Gasteiger partial charge >= 0.3 is 0 Å². The van der Waals surface area contributed by atoms with Gasteiger partial charge in [0.2, 0.25) is 0 Å². The van der Waals surface area contributed by atoms with Crippen LogP contribution in [0.25, 0.3) is 0 Å². The van der Waals surface area contributed by atoms with Gasteiger partial charge in [0, 0.05) is 12.0 Å². The molecule has 2 N–H and O–H groups in total. The van der Waals surface area contributed by atoms with E-state index in [1.54, 1.807) is 0 Å². The number of hydrogen-bond acceptors (Lipinski definition) is 3. The Kier molecular flexibility index (Phi) is 2.40. The molecule has 84 valence electrons. The summed E-state index contributed by atoms with van der Waals surface area (Å²) in [5.41, 5.74) is 5.99. The minimum absolute atomic E-state index is 0.270. The highest BCUT2D eigenvalue weighted by Gasteiger charge is 2.40. The Balaban J connectivity index is 1.94. The van der Waals surface area contributed by atoms with Gasteiger partial charge in [-0.3, -0.25) is 0 Å². The van der Waals surface area contributed by atoms with Crippen LogP contribution in [0.5, 0.6) is 0 Å². The van der Waals surface area contributed by atoms with Crippen molar-refractivity contribution in [2.24, 2.45) is 10.5 Å². The SMILES string of the molecule is c1ccc(C2=NNCC23CCNCC3)cc1. The number of rotatable bonds is 1. The summed E-state index contributed by atoms with van der Waals surface area (Å²) in [6.07, 6.45) is 2.38. The van der Waals surface area contributed by atoms with Gasteiger partial charge in [-0.25, -0.2) is 0 Å². The van der Waals surface area contributed by atoms with E-state index in [4.69, 9.17) is 0 Å². The van der Waals surface area contributed by atoms with E-state index in [0.717, 1.165) is 19.6 Å². The number of benzene rings is 1. The molecule has 2 aliphatic heterocycles. The van der Waals surface area contributed by atoms with Crippen molar-refractivity contribution in [2.75, 3.05) is 19.6 Å². The largest absolute Gasteiger partial charge is 0.317 e. The Morgan fingerprint density at radius 2 is 1.81 bits per heavy atom. The summed E-state index contributed by atoms with van der Waals surface area (Å²) in [6.45, 7) is 3.21. The second kappa shape index (κ2) is 3.91. The second-order valence-electron chi connectivity index (χ2n) is 4.69. The number of nitrogens with one attached hydrogen (secondary N) is 2. The highest BCUT2D eigenvalue weighted by molar-refractivity contribution is 6.05. The van der Waals surface area contributed by atoms with E-state index in [-0.39, 0.29) is 5.41 Å². The zero-order valence-electron chi connectivity index (χ0n) is 9.37. The molecular formula is C13H17N3. The van der Waals surface area contributed by atoms with E-state index in [0.29, 0.717) is 0 Å². The lowest BCUT2D eigenvalue weighted by atomic mass is 9.73. The Morgan fingerprint density at radius 1 is 1.06 bits per heavy atom. The van der Waals surface area contributed by atoms with E-state index < -0.39 is 0 Å². The van der Waals surface area contributed by atoms with Crippen LogP contribution in [0.1, 0.15) is 18.4 Å². The Bertz CT molecular complexity index is 391. The maximum Gasteiger partial charge on any atom is 0.0756 e. The predicted octanol–water partition coefficient (Wildman–Crippen LogP) is 1.36. The molecule has 0 unspecified atom stereocenters. The van der Waals surface area contributed by atoms with Crippen LogP contribution in [0.3, 0.4) is 0 Å². The topological polar surface area (TPSA) is 36.4 Å². The van der Waals surface area contributed by atoms with Crippen LogP contribution in [0.2, 0.25) is 0 Å². The summed E-state index contributed by atoms with van der Waals surface area (Å²) in [5, 5.41) is 7.95. The number of nitrogens with zero attached hydrogens (tertiary/aromatic N) is 1. The Labute approximate surface area is 95.9 Å². The lowest BCUT2D eigenvalue weighted by Gasteiger charge is -2.34. The van der Waals surface area contributed by atoms with Gasteiger partial charge in [-0.2, -0.15) is 5.10 Å². The lowest BCUT2D eigenvalue weighted by Crippen LogP contribution is -2.43. The fourth-order valence-electron chi connectivity index (χ4n) is 2.76. The summed E-state index contributed by atoms with van der Waals surface area (Å²) < 4.78 is 0. The van der Waals surface area contributed by atoms with Gasteiger partial charge in [-0.05, 0) is 31.5 Å². The first-order valence-electron chi connectivity index (χ1n) is 5.98. The molecule has 0 aliphatic carbocycles. The minimum atomic E-state index is 0.270. The molecule has 1 fully saturated rings. The molecule has 1 saturated heterocycles. The zero-order valence-corrected chi connectivity index (χ0v) is 9.37. The van der Waals surface area contributed by atoms with E-state index in [9.17, 15) is 0 Å². The molecule has 3 nitrogen and oxygen atoms in total. The van der Waals surface area contributed by atoms with Gasteiger partial charge in [0.05, 0.1) is 5.71 Å². The third-order valence-electron chi connectivity index (χ3n) is 3.72. The van der Waals surface area contributed by atoms with Crippen LogP contribution in [0.15, 0.2) is 35.4 Å². The van der Waals surface area contributed by atoms with Crippen molar-refractivity contribution < 1.29 is 0 Å². The standard InChI is InChI=1S/C13H17N3/c1-2-4-11(5-3-1)12-13(10-15-16-12)6-8-14-9-7-13/h1-5,14-15H,6-10H2. The van der Waals surface area contributed by atoms with Crippen LogP contribution in [-0.4, -0.2) is 25.3 Å². The molecule has 0 bridgehead atoms. The highest BCUT2D eigenvalue weighted by Crippen LogP contribution is 2.35. The quantitative estimate of drug-likeness (QED) is 0.742. The molecule has 0 atom stereocenters. The summed E-state index contributed by atoms with van der Waals surface area (Å²) >= 11 is 0. The van der Waals surface area contributed by atoms with Crippen LogP contribution >= 0.6 is 0 Å². The molecule has 0 radical (unpaired) electrons. The normalized spacial score (nSPS) is 22.9. The average molecular weight is 215 g/mol. The summed E-state index contributed by atoms with van der Waals surface area (Å²) in [6, 6.07) is 10.6. The first kappa shape index (κ1) is 9.85. The van der Waals surface area contributed by atoms with E-state index in [2.05, 4.69) is 46.2 Å². The fourth-order valence-corrected chi connectivity index (χ4v) is 2.76. The molecule has 2 aliphatic rings. The Hall–Kier alpha value is -1.35. The molecule has 2 heterocycles. The Morgan fingerprint density at radius 3 is 2.56 bits per heavy atom. The molecule has 0 aromatic heterocycles. The van der Waals surface area contributed by atoms with Crippen LogP contribution in [0.4, 0.5) is 0 Å². The third-order valence-corrected chi connectivity index (χ3v) is 3.72. The van der Waals surface area contributed by atoms with Crippen molar-refractivity contribution in [3.8, 4) is 0 Å². The molecule has 16 heavy (non-hydrogen) atoms. The van der Waals surface area contributed by atoms with Gasteiger partial charge in [-0.1, -0.05) is 30.3 Å². The van der Waals surface area contributed by atoms with E-state index in [1.807, 2.05) is 0 Å². The van der Waals surface area contributed by atoms with E-state index >= 15 is 0 Å². The van der Waals surface area contributed by atoms with Gasteiger partial charge in [0.15, 0.2) is 0 Å². The predicted molar refractivity (Wildman–Crippen MR) is 65.5 cm³/mol. The second-order valence-corrected chi connectivity index (χ2v) is 4.69. The maximum atomic E-state index is 4.52. The van der Waals surface area contributed by atoms with Gasteiger partial charge < -0.3 is 10.7 Å². The average Bonchev–Trinajstić information content (AvgIpc) is 2.75. The van der Waals surface area contributed by atoms with Crippen LogP contribution in [0, 0.1) is 5.41 Å². The van der Waals surface area contributed by atoms with Crippen LogP contribution < -0.4 is 10.7 Å². The first-order valence-corrected chi connectivity index (χ1v) is 5.98. The minimum Gasteiger partial charge on any atom is -0.317 e. The first-order chi connectivity index (χ1) is 7.91. The number of piperidine rings is 1. The molecule has 1 aromatic rings. The van der Waals surface area contributed by atoms with Crippen molar-refractivity contribution in [1.29, 1.82) is 0 Å². The van der Waals surface area contributed by atoms with Crippen LogP contribution in [-0.2, 0) is 0 Å². The molecule has 0 amide bonds. The molecule has 0 saturated carbocycles. The van der Waals surface area contributed by atoms with Crippen molar-refractivity contribution >= 4 is 5.71 Å². The van der Waals surface area contributed by atoms with Gasteiger partial charge in [0.1, 0.15) is 0 Å². The zero-order chi connectivity index (χ0) is 10.8. The van der Waals surface area contributed by atoms with Gasteiger partial charge in [0.25, 0.3) is 0 Å². The van der Waals surface area contributed by atoms with Crippen molar-refractivity contribution in [3.05, 3.63) is 35.9 Å². The molecule has 1 spiro atoms. The summed E-state index contributed by atoms with van der Waals surface area (Å²) in [5.74, 6) is 0. The van der Waals surface area contributed by atoms with Crippen molar-refractivity contribution in [2.45, 2.75) is 12.8 Å². The number of hydrogen-bond donors (Lipinski definition) is 2.